The fraction of sp³-hybridized carbons (Fsp3) is 0.333. The maximum atomic E-state index is 12.3. The molecule has 3 heterocycles. The number of ether oxygens (including phenoxy) is 1. The van der Waals surface area contributed by atoms with Crippen molar-refractivity contribution in [1.82, 2.24) is 18.7 Å². The molecule has 0 N–H and O–H groups in total. The standard InChI is InChI=1S/C15H16N4O4S/c1-9-4-5-10(24-9)14(21)23-7-6-19-8-16-12-11(19)13(20)18(3)15(22)17(12)2/h4-5,8H,6-7H2,1-3H3. The van der Waals surface area contributed by atoms with Gasteiger partial charge in [-0.15, -0.1) is 11.3 Å². The predicted octanol–water partition coefficient (Wildman–Crippen LogP) is 0.661. The minimum atomic E-state index is -0.433. The quantitative estimate of drug-likeness (QED) is 0.646. The second-order valence-corrected chi connectivity index (χ2v) is 6.65. The lowest BCUT2D eigenvalue weighted by Crippen LogP contribution is -2.37. The molecule has 3 aromatic rings. The van der Waals surface area contributed by atoms with Crippen LogP contribution < -0.4 is 11.2 Å². The van der Waals surface area contributed by atoms with Gasteiger partial charge in [-0.25, -0.2) is 14.6 Å². The van der Waals surface area contributed by atoms with E-state index in [0.29, 0.717) is 16.0 Å². The summed E-state index contributed by atoms with van der Waals surface area (Å²) in [5.74, 6) is -0.391. The summed E-state index contributed by atoms with van der Waals surface area (Å²) in [6, 6.07) is 3.58. The first kappa shape index (κ1) is 16.2. The van der Waals surface area contributed by atoms with Gasteiger partial charge < -0.3 is 9.30 Å². The zero-order chi connectivity index (χ0) is 17.4. The van der Waals surface area contributed by atoms with Crippen molar-refractivity contribution in [3.05, 3.63) is 49.1 Å². The summed E-state index contributed by atoms with van der Waals surface area (Å²) in [6.07, 6.45) is 1.47. The molecule has 3 aromatic heterocycles. The Morgan fingerprint density at radius 3 is 2.67 bits per heavy atom. The SMILES string of the molecule is Cc1ccc(C(=O)OCCn2cnc3c2c(=O)n(C)c(=O)n3C)s1. The van der Waals surface area contributed by atoms with E-state index in [-0.39, 0.29) is 13.2 Å². The number of fused-ring (bicyclic) bond motifs is 1. The highest BCUT2D eigenvalue weighted by Gasteiger charge is 2.15. The van der Waals surface area contributed by atoms with E-state index >= 15 is 0 Å². The number of nitrogens with zero attached hydrogens (tertiary/aromatic N) is 4. The lowest BCUT2D eigenvalue weighted by atomic mass is 10.4. The van der Waals surface area contributed by atoms with Gasteiger partial charge in [-0.1, -0.05) is 0 Å². The molecule has 24 heavy (non-hydrogen) atoms. The van der Waals surface area contributed by atoms with Crippen LogP contribution in [0.4, 0.5) is 0 Å². The second kappa shape index (κ2) is 6.08. The van der Waals surface area contributed by atoms with E-state index in [1.54, 1.807) is 17.7 Å². The minimum Gasteiger partial charge on any atom is -0.460 e. The molecule has 0 atom stereocenters. The summed E-state index contributed by atoms with van der Waals surface area (Å²) in [7, 11) is 2.97. The van der Waals surface area contributed by atoms with Gasteiger partial charge in [0.05, 0.1) is 12.9 Å². The second-order valence-electron chi connectivity index (χ2n) is 5.36. The fourth-order valence-corrected chi connectivity index (χ4v) is 3.18. The van der Waals surface area contributed by atoms with Crippen LogP contribution in [0.1, 0.15) is 14.5 Å². The van der Waals surface area contributed by atoms with Gasteiger partial charge in [0.25, 0.3) is 5.56 Å². The van der Waals surface area contributed by atoms with E-state index < -0.39 is 17.2 Å². The first-order valence-electron chi connectivity index (χ1n) is 7.24. The summed E-state index contributed by atoms with van der Waals surface area (Å²) in [6.45, 7) is 2.30. The molecule has 0 unspecified atom stereocenters. The van der Waals surface area contributed by atoms with Crippen molar-refractivity contribution >= 4 is 28.5 Å². The van der Waals surface area contributed by atoms with Crippen molar-refractivity contribution in [2.75, 3.05) is 6.61 Å². The Morgan fingerprint density at radius 1 is 1.25 bits per heavy atom. The molecule has 0 aliphatic rings. The number of aryl methyl sites for hydroxylation is 2. The highest BCUT2D eigenvalue weighted by Crippen LogP contribution is 2.16. The Morgan fingerprint density at radius 2 is 2.00 bits per heavy atom. The van der Waals surface area contributed by atoms with Gasteiger partial charge in [0.2, 0.25) is 0 Å². The van der Waals surface area contributed by atoms with Crippen molar-refractivity contribution in [2.24, 2.45) is 14.1 Å². The summed E-state index contributed by atoms with van der Waals surface area (Å²) in [4.78, 5) is 41.8. The Bertz CT molecular complexity index is 1040. The van der Waals surface area contributed by atoms with Crippen molar-refractivity contribution in [2.45, 2.75) is 13.5 Å². The first-order chi connectivity index (χ1) is 11.4. The maximum Gasteiger partial charge on any atom is 0.348 e. The summed E-state index contributed by atoms with van der Waals surface area (Å²) < 4.78 is 9.16. The Hall–Kier alpha value is -2.68. The Balaban J connectivity index is 1.80. The number of thiophene rings is 1. The molecule has 0 aliphatic heterocycles. The number of hydrogen-bond acceptors (Lipinski definition) is 6. The van der Waals surface area contributed by atoms with Gasteiger partial charge in [0, 0.05) is 19.0 Å². The number of rotatable bonds is 4. The molecule has 8 nitrogen and oxygen atoms in total. The van der Waals surface area contributed by atoms with Crippen LogP contribution >= 0.6 is 11.3 Å². The van der Waals surface area contributed by atoms with Gasteiger partial charge in [-0.2, -0.15) is 0 Å². The molecule has 0 aliphatic carbocycles. The zero-order valence-electron chi connectivity index (χ0n) is 13.5. The Labute approximate surface area is 140 Å². The maximum absolute atomic E-state index is 12.3. The van der Waals surface area contributed by atoms with Crippen LogP contribution in [0.25, 0.3) is 11.2 Å². The molecule has 0 spiro atoms. The van der Waals surface area contributed by atoms with Crippen LogP contribution in [0.3, 0.4) is 0 Å². The molecule has 0 bridgehead atoms. The average molecular weight is 348 g/mol. The summed E-state index contributed by atoms with van der Waals surface area (Å²) in [5, 5.41) is 0. The van der Waals surface area contributed by atoms with E-state index in [9.17, 15) is 14.4 Å². The zero-order valence-corrected chi connectivity index (χ0v) is 14.3. The summed E-state index contributed by atoms with van der Waals surface area (Å²) >= 11 is 1.37. The van der Waals surface area contributed by atoms with Crippen LogP contribution in [-0.2, 0) is 25.4 Å². The normalized spacial score (nSPS) is 11.1. The summed E-state index contributed by atoms with van der Waals surface area (Å²) in [5.41, 5.74) is -0.242. The smallest absolute Gasteiger partial charge is 0.348 e. The molecule has 0 radical (unpaired) electrons. The van der Waals surface area contributed by atoms with Crippen molar-refractivity contribution in [3.63, 3.8) is 0 Å². The van der Waals surface area contributed by atoms with E-state index in [0.717, 1.165) is 9.44 Å². The molecule has 0 aromatic carbocycles. The van der Waals surface area contributed by atoms with Gasteiger partial charge in [0.1, 0.15) is 11.5 Å². The number of esters is 1. The fourth-order valence-electron chi connectivity index (χ4n) is 2.42. The topological polar surface area (TPSA) is 88.1 Å². The number of carbonyl (C=O) groups excluding carboxylic acids is 1. The monoisotopic (exact) mass is 348 g/mol. The lowest BCUT2D eigenvalue weighted by Gasteiger charge is -2.07. The van der Waals surface area contributed by atoms with Crippen LogP contribution in [0, 0.1) is 6.92 Å². The van der Waals surface area contributed by atoms with Crippen molar-refractivity contribution in [1.29, 1.82) is 0 Å². The van der Waals surface area contributed by atoms with Crippen LogP contribution in [0.5, 0.6) is 0 Å². The lowest BCUT2D eigenvalue weighted by molar-refractivity contribution is 0.0498. The molecular weight excluding hydrogens is 332 g/mol. The van der Waals surface area contributed by atoms with Gasteiger partial charge in [-0.3, -0.25) is 13.9 Å². The van der Waals surface area contributed by atoms with Gasteiger partial charge >= 0.3 is 11.7 Å². The first-order valence-corrected chi connectivity index (χ1v) is 8.06. The van der Waals surface area contributed by atoms with Crippen LogP contribution in [0.15, 0.2) is 28.0 Å². The molecule has 0 saturated carbocycles. The molecule has 126 valence electrons. The van der Waals surface area contributed by atoms with Gasteiger partial charge in [0.15, 0.2) is 11.2 Å². The van der Waals surface area contributed by atoms with Crippen molar-refractivity contribution < 1.29 is 9.53 Å². The third-order valence-corrected chi connectivity index (χ3v) is 4.70. The van der Waals surface area contributed by atoms with Crippen LogP contribution in [-0.4, -0.2) is 31.3 Å². The predicted molar refractivity (Wildman–Crippen MR) is 89.6 cm³/mol. The highest BCUT2D eigenvalue weighted by atomic mass is 32.1. The number of hydrogen-bond donors (Lipinski definition) is 0. The number of aromatic nitrogens is 4. The molecule has 9 heteroatoms. The number of imidazole rings is 1. The minimum absolute atomic E-state index is 0.104. The van der Waals surface area contributed by atoms with Crippen molar-refractivity contribution in [3.8, 4) is 0 Å². The largest absolute Gasteiger partial charge is 0.460 e. The average Bonchev–Trinajstić information content (AvgIpc) is 3.17. The third kappa shape index (κ3) is 2.67. The molecule has 0 saturated heterocycles. The van der Waals surface area contributed by atoms with E-state index in [4.69, 9.17) is 4.74 Å². The highest BCUT2D eigenvalue weighted by molar-refractivity contribution is 7.13. The third-order valence-electron chi connectivity index (χ3n) is 3.72. The molecule has 3 rings (SSSR count). The van der Waals surface area contributed by atoms with E-state index in [1.165, 1.54) is 29.3 Å². The van der Waals surface area contributed by atoms with Crippen LogP contribution in [0.2, 0.25) is 0 Å². The van der Waals surface area contributed by atoms with E-state index in [2.05, 4.69) is 4.98 Å². The molecule has 0 fully saturated rings. The number of carbonyl (C=O) groups is 1. The van der Waals surface area contributed by atoms with Gasteiger partial charge in [-0.05, 0) is 19.1 Å². The van der Waals surface area contributed by atoms with E-state index in [1.807, 2.05) is 13.0 Å². The molecule has 0 amide bonds. The molecular formula is C15H16N4O4S. The Kier molecular flexibility index (Phi) is 4.10.